The van der Waals surface area contributed by atoms with E-state index in [-0.39, 0.29) is 13.2 Å². The Bertz CT molecular complexity index is 1100. The minimum atomic E-state index is -3.28. The van der Waals surface area contributed by atoms with Gasteiger partial charge >= 0.3 is 11.9 Å². The van der Waals surface area contributed by atoms with Crippen LogP contribution in [0.3, 0.4) is 0 Å². The minimum Gasteiger partial charge on any atom is -0.464 e. The first-order chi connectivity index (χ1) is 18.1. The van der Waals surface area contributed by atoms with Gasteiger partial charge in [0.15, 0.2) is 0 Å². The standard InChI is InChI=1S/C26H31NO11/c1-2-36-23(33)25(13-16-9-5-3-6-10-16,24(34)37-15-17-11-7-4-8-12-17)27-22(32)26(35)21(31)20(30)19(29)18(14-28)38-26/h3-12,18-21,28-31,35H,2,13-15H2,1H3,(H,27,32)/t18-,19-,20+,21-,25?,26+/m1/s1. The quantitative estimate of drug-likeness (QED) is 0.155. The summed E-state index contributed by atoms with van der Waals surface area (Å²) in [6, 6.07) is 16.6. The summed E-state index contributed by atoms with van der Waals surface area (Å²) < 4.78 is 15.6. The van der Waals surface area contributed by atoms with E-state index in [1.165, 1.54) is 6.92 Å². The molecule has 0 spiro atoms. The van der Waals surface area contributed by atoms with E-state index in [1.54, 1.807) is 60.7 Å². The van der Waals surface area contributed by atoms with Gasteiger partial charge in [-0.25, -0.2) is 9.59 Å². The number of hydrogen-bond acceptors (Lipinski definition) is 11. The maximum absolute atomic E-state index is 13.5. The van der Waals surface area contributed by atoms with E-state index in [0.29, 0.717) is 11.1 Å². The van der Waals surface area contributed by atoms with Crippen LogP contribution in [0.5, 0.6) is 0 Å². The number of rotatable bonds is 10. The Morgan fingerprint density at radius 3 is 2.03 bits per heavy atom. The number of hydrogen-bond donors (Lipinski definition) is 6. The van der Waals surface area contributed by atoms with Crippen molar-refractivity contribution in [2.45, 2.75) is 55.7 Å². The first-order valence-electron chi connectivity index (χ1n) is 11.9. The van der Waals surface area contributed by atoms with Gasteiger partial charge in [-0.15, -0.1) is 0 Å². The van der Waals surface area contributed by atoms with Crippen molar-refractivity contribution < 1.29 is 54.1 Å². The zero-order chi connectivity index (χ0) is 27.9. The van der Waals surface area contributed by atoms with E-state index < -0.39 is 66.6 Å². The predicted molar refractivity (Wildman–Crippen MR) is 129 cm³/mol. The number of esters is 2. The molecule has 2 aromatic carbocycles. The molecule has 0 bridgehead atoms. The number of benzene rings is 2. The Morgan fingerprint density at radius 1 is 0.921 bits per heavy atom. The Morgan fingerprint density at radius 2 is 1.47 bits per heavy atom. The molecule has 1 saturated heterocycles. The molecule has 1 aliphatic heterocycles. The lowest BCUT2D eigenvalue weighted by atomic mass is 9.87. The first kappa shape index (κ1) is 29.2. The fraction of sp³-hybridized carbons (Fsp3) is 0.423. The molecule has 6 atom stereocenters. The van der Waals surface area contributed by atoms with Gasteiger partial charge in [-0.3, -0.25) is 4.79 Å². The van der Waals surface area contributed by atoms with Crippen molar-refractivity contribution in [3.63, 3.8) is 0 Å². The van der Waals surface area contributed by atoms with Crippen LogP contribution in [0.25, 0.3) is 0 Å². The van der Waals surface area contributed by atoms with Crippen LogP contribution in [-0.4, -0.2) is 92.3 Å². The number of nitrogens with one attached hydrogen (secondary N) is 1. The molecule has 12 nitrogen and oxygen atoms in total. The fourth-order valence-electron chi connectivity index (χ4n) is 4.00. The lowest BCUT2D eigenvalue weighted by molar-refractivity contribution is -0.332. The van der Waals surface area contributed by atoms with Crippen molar-refractivity contribution >= 4 is 17.8 Å². The second kappa shape index (κ2) is 12.4. The van der Waals surface area contributed by atoms with E-state index in [2.05, 4.69) is 5.32 Å². The average molecular weight is 534 g/mol. The summed E-state index contributed by atoms with van der Waals surface area (Å²) >= 11 is 0. The number of aliphatic hydroxyl groups is 5. The lowest BCUT2D eigenvalue weighted by Crippen LogP contribution is -2.74. The highest BCUT2D eigenvalue weighted by Crippen LogP contribution is 2.30. The van der Waals surface area contributed by atoms with Crippen molar-refractivity contribution in [3.8, 4) is 0 Å². The Balaban J connectivity index is 2.02. The van der Waals surface area contributed by atoms with Crippen molar-refractivity contribution in [3.05, 3.63) is 71.8 Å². The molecule has 0 aromatic heterocycles. The molecule has 6 N–H and O–H groups in total. The number of carbonyl (C=O) groups is 3. The maximum Gasteiger partial charge on any atom is 0.344 e. The molecule has 1 aliphatic rings. The Labute approximate surface area is 218 Å². The van der Waals surface area contributed by atoms with Crippen LogP contribution < -0.4 is 5.32 Å². The van der Waals surface area contributed by atoms with Gasteiger partial charge in [-0.2, -0.15) is 0 Å². The SMILES string of the molecule is CCOC(=O)C(Cc1ccccc1)(NC(=O)[C@@]1(O)O[C@H](CO)[C@@H](O)[C@H](O)[C@H]1O)C(=O)OCc1ccccc1. The summed E-state index contributed by atoms with van der Waals surface area (Å²) in [5, 5.41) is 53.1. The predicted octanol–water partition coefficient (Wildman–Crippen LogP) is -1.45. The molecule has 3 rings (SSSR count). The van der Waals surface area contributed by atoms with Gasteiger partial charge in [-0.05, 0) is 18.1 Å². The molecule has 2 aromatic rings. The molecule has 0 saturated carbocycles. The topological polar surface area (TPSA) is 192 Å². The first-order valence-corrected chi connectivity index (χ1v) is 11.9. The van der Waals surface area contributed by atoms with Crippen LogP contribution in [0, 0.1) is 0 Å². The van der Waals surface area contributed by atoms with E-state index in [0.717, 1.165) is 0 Å². The van der Waals surface area contributed by atoms with Crippen LogP contribution >= 0.6 is 0 Å². The van der Waals surface area contributed by atoms with Gasteiger partial charge in [0.05, 0.1) is 13.2 Å². The monoisotopic (exact) mass is 533 g/mol. The van der Waals surface area contributed by atoms with Crippen LogP contribution in [0.15, 0.2) is 60.7 Å². The summed E-state index contributed by atoms with van der Waals surface area (Å²) in [5.41, 5.74) is -1.59. The summed E-state index contributed by atoms with van der Waals surface area (Å²) in [5.74, 6) is -7.34. The summed E-state index contributed by atoms with van der Waals surface area (Å²) in [6.45, 7) is 0.0879. The third kappa shape index (κ3) is 6.01. The van der Waals surface area contributed by atoms with Gasteiger partial charge in [-0.1, -0.05) is 60.7 Å². The highest BCUT2D eigenvalue weighted by molar-refractivity contribution is 6.09. The maximum atomic E-state index is 13.5. The van der Waals surface area contributed by atoms with Crippen LogP contribution in [-0.2, 0) is 41.6 Å². The molecule has 38 heavy (non-hydrogen) atoms. The molecule has 0 radical (unpaired) electrons. The smallest absolute Gasteiger partial charge is 0.344 e. The number of carbonyl (C=O) groups excluding carboxylic acids is 3. The Kier molecular flexibility index (Phi) is 9.55. The van der Waals surface area contributed by atoms with E-state index in [9.17, 15) is 39.9 Å². The van der Waals surface area contributed by atoms with Crippen molar-refractivity contribution in [1.82, 2.24) is 5.32 Å². The van der Waals surface area contributed by atoms with Crippen molar-refractivity contribution in [2.24, 2.45) is 0 Å². The van der Waals surface area contributed by atoms with E-state index in [4.69, 9.17) is 14.2 Å². The molecule has 0 aliphatic carbocycles. The number of ether oxygens (including phenoxy) is 3. The van der Waals surface area contributed by atoms with Gasteiger partial charge in [0.2, 0.25) is 5.54 Å². The molecule has 206 valence electrons. The Hall–Kier alpha value is -3.39. The van der Waals surface area contributed by atoms with Crippen LogP contribution in [0.4, 0.5) is 0 Å². The van der Waals surface area contributed by atoms with Crippen LogP contribution in [0.2, 0.25) is 0 Å². The fourth-order valence-corrected chi connectivity index (χ4v) is 4.00. The molecule has 1 unspecified atom stereocenters. The number of aliphatic hydroxyl groups excluding tert-OH is 4. The molecule has 12 heteroatoms. The average Bonchev–Trinajstić information content (AvgIpc) is 2.93. The van der Waals surface area contributed by atoms with Gasteiger partial charge in [0.1, 0.15) is 31.0 Å². The lowest BCUT2D eigenvalue weighted by Gasteiger charge is -2.45. The highest BCUT2D eigenvalue weighted by Gasteiger charge is 2.60. The normalized spacial score (nSPS) is 26.6. The summed E-state index contributed by atoms with van der Waals surface area (Å²) in [4.78, 5) is 40.3. The zero-order valence-corrected chi connectivity index (χ0v) is 20.6. The van der Waals surface area contributed by atoms with Gasteiger partial charge in [0.25, 0.3) is 11.7 Å². The summed E-state index contributed by atoms with van der Waals surface area (Å²) in [7, 11) is 0. The third-order valence-electron chi connectivity index (χ3n) is 6.12. The third-order valence-corrected chi connectivity index (χ3v) is 6.12. The minimum absolute atomic E-state index is 0.182. The zero-order valence-electron chi connectivity index (χ0n) is 20.6. The van der Waals surface area contributed by atoms with Crippen LogP contribution in [0.1, 0.15) is 18.1 Å². The van der Waals surface area contributed by atoms with Crippen molar-refractivity contribution in [1.29, 1.82) is 0 Å². The summed E-state index contributed by atoms with van der Waals surface area (Å²) in [6.07, 6.45) is -8.55. The van der Waals surface area contributed by atoms with Gasteiger partial charge in [0, 0.05) is 6.42 Å². The largest absolute Gasteiger partial charge is 0.464 e. The second-order valence-electron chi connectivity index (χ2n) is 8.77. The molecular formula is C26H31NO11. The van der Waals surface area contributed by atoms with Crippen molar-refractivity contribution in [2.75, 3.05) is 13.2 Å². The van der Waals surface area contributed by atoms with E-state index in [1.807, 2.05) is 0 Å². The highest BCUT2D eigenvalue weighted by atomic mass is 16.7. The molecule has 1 amide bonds. The molecular weight excluding hydrogens is 502 g/mol. The van der Waals surface area contributed by atoms with Gasteiger partial charge < -0.3 is 45.1 Å². The molecule has 1 heterocycles. The van der Waals surface area contributed by atoms with E-state index >= 15 is 0 Å². The second-order valence-corrected chi connectivity index (χ2v) is 8.77. The number of amides is 1. The molecule has 1 fully saturated rings.